The molecule has 94 valence electrons. The average molecular weight is 243 g/mol. The van der Waals surface area contributed by atoms with Gasteiger partial charge in [-0.3, -0.25) is 9.59 Å². The molecule has 0 amide bonds. The number of hydrogen-bond donors (Lipinski definition) is 1. The second-order valence-corrected chi connectivity index (χ2v) is 5.10. The predicted octanol–water partition coefficient (Wildman–Crippen LogP) is 2.77. The number of aryl methyl sites for hydroxylation is 2. The monoisotopic (exact) mass is 243 g/mol. The Morgan fingerprint density at radius 1 is 0.944 bits per heavy atom. The van der Waals surface area contributed by atoms with E-state index in [1.54, 1.807) is 0 Å². The quantitative estimate of drug-likeness (QED) is 0.843. The molecular weight excluding hydrogens is 226 g/mol. The maximum absolute atomic E-state index is 11.6. The first kappa shape index (κ1) is 12.6. The van der Waals surface area contributed by atoms with Crippen LogP contribution in [0.2, 0.25) is 0 Å². The third-order valence-corrected chi connectivity index (χ3v) is 3.02. The van der Waals surface area contributed by atoms with E-state index in [-0.39, 0.29) is 11.3 Å². The highest BCUT2D eigenvalue weighted by Crippen LogP contribution is 2.24. The molecule has 0 heterocycles. The molecule has 0 saturated carbocycles. The van der Waals surface area contributed by atoms with E-state index in [0.29, 0.717) is 11.3 Å². The smallest absolute Gasteiger partial charge is 0.249 e. The standard InChI is InChI=1S/C15H17NO2/c1-8(2)12-13(15(18)14(12)17)16-11-6-9(3)5-10(4)7-11/h5-8,16H,1-4H3. The van der Waals surface area contributed by atoms with Gasteiger partial charge in [0.05, 0.1) is 5.69 Å². The Hall–Kier alpha value is -1.90. The fraction of sp³-hybridized carbons (Fsp3) is 0.333. The zero-order valence-corrected chi connectivity index (χ0v) is 11.1. The summed E-state index contributed by atoms with van der Waals surface area (Å²) >= 11 is 0. The summed E-state index contributed by atoms with van der Waals surface area (Å²) < 4.78 is 0. The van der Waals surface area contributed by atoms with Gasteiger partial charge in [0.2, 0.25) is 10.9 Å². The Morgan fingerprint density at radius 2 is 1.50 bits per heavy atom. The summed E-state index contributed by atoms with van der Waals surface area (Å²) in [5.41, 5.74) is 3.43. The molecule has 3 heteroatoms. The van der Waals surface area contributed by atoms with Crippen LogP contribution in [0, 0.1) is 13.8 Å². The van der Waals surface area contributed by atoms with Crippen LogP contribution in [-0.2, 0) is 0 Å². The van der Waals surface area contributed by atoms with Gasteiger partial charge in [-0.15, -0.1) is 0 Å². The van der Waals surface area contributed by atoms with Crippen molar-refractivity contribution in [3.05, 3.63) is 55.3 Å². The van der Waals surface area contributed by atoms with E-state index < -0.39 is 5.43 Å². The van der Waals surface area contributed by atoms with Crippen LogP contribution < -0.4 is 16.2 Å². The van der Waals surface area contributed by atoms with Crippen LogP contribution in [0.1, 0.15) is 36.5 Å². The number of anilines is 2. The second kappa shape index (κ2) is 4.41. The molecular formula is C15H17NO2. The van der Waals surface area contributed by atoms with E-state index in [1.165, 1.54) is 0 Å². The lowest BCUT2D eigenvalue weighted by molar-refractivity contribution is 0.845. The van der Waals surface area contributed by atoms with Crippen LogP contribution in [-0.4, -0.2) is 0 Å². The van der Waals surface area contributed by atoms with Gasteiger partial charge < -0.3 is 5.32 Å². The number of rotatable bonds is 3. The van der Waals surface area contributed by atoms with Gasteiger partial charge in [0, 0.05) is 11.3 Å². The molecule has 2 rings (SSSR count). The van der Waals surface area contributed by atoms with E-state index in [1.807, 2.05) is 39.8 Å². The summed E-state index contributed by atoms with van der Waals surface area (Å²) in [6.45, 7) is 7.85. The largest absolute Gasteiger partial charge is 0.352 e. The Kier molecular flexibility index (Phi) is 3.07. The van der Waals surface area contributed by atoms with Gasteiger partial charge in [0.25, 0.3) is 0 Å². The lowest BCUT2D eigenvalue weighted by Crippen LogP contribution is -2.38. The molecule has 3 nitrogen and oxygen atoms in total. The van der Waals surface area contributed by atoms with Crippen molar-refractivity contribution in [3.8, 4) is 0 Å². The van der Waals surface area contributed by atoms with E-state index in [2.05, 4.69) is 11.4 Å². The van der Waals surface area contributed by atoms with Crippen LogP contribution in [0.4, 0.5) is 11.4 Å². The molecule has 0 aliphatic carbocycles. The van der Waals surface area contributed by atoms with Crippen molar-refractivity contribution >= 4 is 11.4 Å². The van der Waals surface area contributed by atoms with Crippen molar-refractivity contribution < 1.29 is 0 Å². The first-order valence-corrected chi connectivity index (χ1v) is 6.08. The maximum Gasteiger partial charge on any atom is 0.249 e. The van der Waals surface area contributed by atoms with Crippen LogP contribution in [0.5, 0.6) is 0 Å². The topological polar surface area (TPSA) is 46.2 Å². The van der Waals surface area contributed by atoms with Gasteiger partial charge in [-0.25, -0.2) is 0 Å². The zero-order valence-electron chi connectivity index (χ0n) is 11.1. The summed E-state index contributed by atoms with van der Waals surface area (Å²) in [5.74, 6) is 0.0728. The van der Waals surface area contributed by atoms with Crippen molar-refractivity contribution in [1.82, 2.24) is 0 Å². The van der Waals surface area contributed by atoms with Crippen molar-refractivity contribution in [2.45, 2.75) is 33.6 Å². The van der Waals surface area contributed by atoms with E-state index in [9.17, 15) is 9.59 Å². The highest BCUT2D eigenvalue weighted by molar-refractivity contribution is 5.67. The Bertz CT molecular complexity index is 641. The van der Waals surface area contributed by atoms with Crippen LogP contribution >= 0.6 is 0 Å². The molecule has 0 unspecified atom stereocenters. The predicted molar refractivity (Wildman–Crippen MR) is 74.6 cm³/mol. The van der Waals surface area contributed by atoms with Crippen LogP contribution in [0.25, 0.3) is 0 Å². The minimum atomic E-state index is -0.405. The minimum absolute atomic E-state index is 0.0728. The van der Waals surface area contributed by atoms with Gasteiger partial charge in [-0.05, 0) is 43.0 Å². The summed E-state index contributed by atoms with van der Waals surface area (Å²) in [5, 5.41) is 3.08. The summed E-state index contributed by atoms with van der Waals surface area (Å²) in [6, 6.07) is 6.00. The zero-order chi connectivity index (χ0) is 13.4. The third-order valence-electron chi connectivity index (χ3n) is 3.02. The number of hydrogen-bond acceptors (Lipinski definition) is 3. The van der Waals surface area contributed by atoms with Crippen LogP contribution in [0.3, 0.4) is 0 Å². The van der Waals surface area contributed by atoms with E-state index >= 15 is 0 Å². The normalized spacial score (nSPS) is 11.2. The van der Waals surface area contributed by atoms with E-state index in [4.69, 9.17) is 0 Å². The fourth-order valence-corrected chi connectivity index (χ4v) is 2.28. The fourth-order valence-electron chi connectivity index (χ4n) is 2.28. The van der Waals surface area contributed by atoms with Gasteiger partial charge in [-0.2, -0.15) is 0 Å². The molecule has 1 N–H and O–H groups in total. The highest BCUT2D eigenvalue weighted by Gasteiger charge is 2.23. The van der Waals surface area contributed by atoms with Gasteiger partial charge in [0.15, 0.2) is 0 Å². The first-order chi connectivity index (χ1) is 8.40. The van der Waals surface area contributed by atoms with Gasteiger partial charge in [0.1, 0.15) is 0 Å². The molecule has 0 aliphatic heterocycles. The molecule has 0 aliphatic rings. The van der Waals surface area contributed by atoms with Crippen molar-refractivity contribution in [3.63, 3.8) is 0 Å². The SMILES string of the molecule is Cc1cc(C)cc(Nc2c(C(C)C)c(=O)c2=O)c1. The van der Waals surface area contributed by atoms with E-state index in [0.717, 1.165) is 16.8 Å². The van der Waals surface area contributed by atoms with Gasteiger partial charge in [-0.1, -0.05) is 19.9 Å². The first-order valence-electron chi connectivity index (χ1n) is 6.08. The molecule has 0 radical (unpaired) electrons. The lowest BCUT2D eigenvalue weighted by Gasteiger charge is -2.16. The molecule has 0 spiro atoms. The van der Waals surface area contributed by atoms with Crippen molar-refractivity contribution in [2.75, 3.05) is 5.32 Å². The molecule has 18 heavy (non-hydrogen) atoms. The number of nitrogens with one attached hydrogen (secondary N) is 1. The lowest BCUT2D eigenvalue weighted by atomic mass is 9.95. The maximum atomic E-state index is 11.6. The molecule has 0 atom stereocenters. The summed E-state index contributed by atoms with van der Waals surface area (Å²) in [6.07, 6.45) is 0. The van der Waals surface area contributed by atoms with Crippen LogP contribution in [0.15, 0.2) is 27.8 Å². The Labute approximate surface area is 106 Å². The molecule has 2 aromatic carbocycles. The summed E-state index contributed by atoms with van der Waals surface area (Å²) in [7, 11) is 0. The highest BCUT2D eigenvalue weighted by atomic mass is 16.2. The molecule has 0 bridgehead atoms. The molecule has 0 saturated heterocycles. The van der Waals surface area contributed by atoms with Gasteiger partial charge >= 0.3 is 0 Å². The average Bonchev–Trinajstić information content (AvgIpc) is 2.26. The molecule has 2 aromatic rings. The minimum Gasteiger partial charge on any atom is -0.352 e. The summed E-state index contributed by atoms with van der Waals surface area (Å²) in [4.78, 5) is 23.1. The number of benzene rings is 1. The molecule has 0 fully saturated rings. The third kappa shape index (κ3) is 2.08. The second-order valence-electron chi connectivity index (χ2n) is 5.10. The van der Waals surface area contributed by atoms with Crippen molar-refractivity contribution in [2.24, 2.45) is 0 Å². The Morgan fingerprint density at radius 3 is 2.00 bits per heavy atom. The molecule has 0 aromatic heterocycles. The Balaban J connectivity index is 2.38. The van der Waals surface area contributed by atoms with Crippen molar-refractivity contribution in [1.29, 1.82) is 0 Å².